The minimum atomic E-state index is -0.415. The number of carbonyl (C=O) groups excluding carboxylic acids is 3. The van der Waals surface area contributed by atoms with E-state index in [0.29, 0.717) is 16.9 Å². The fourth-order valence-electron chi connectivity index (χ4n) is 3.84. The molecule has 3 aromatic carbocycles. The van der Waals surface area contributed by atoms with E-state index >= 15 is 0 Å². The highest BCUT2D eigenvalue weighted by molar-refractivity contribution is 6.46. The number of imide groups is 1. The SMILES string of the molecule is CC(=O)Nc1ccc(C2=C(Nc3cc(C)cc(C)c3)C(=O)N(c3ccccc3)C2=O)cc1. The van der Waals surface area contributed by atoms with Crippen LogP contribution < -0.4 is 15.5 Å². The van der Waals surface area contributed by atoms with Crippen molar-refractivity contribution < 1.29 is 14.4 Å². The molecule has 0 saturated carbocycles. The predicted molar refractivity (Wildman–Crippen MR) is 126 cm³/mol. The van der Waals surface area contributed by atoms with E-state index in [-0.39, 0.29) is 17.2 Å². The Hall–Kier alpha value is -4.19. The van der Waals surface area contributed by atoms with E-state index in [1.165, 1.54) is 11.8 Å². The van der Waals surface area contributed by atoms with E-state index in [0.717, 1.165) is 16.8 Å². The van der Waals surface area contributed by atoms with Crippen LogP contribution in [0.3, 0.4) is 0 Å². The Morgan fingerprint density at radius 2 is 1.41 bits per heavy atom. The third kappa shape index (κ3) is 4.16. The first-order valence-corrected chi connectivity index (χ1v) is 10.2. The molecule has 2 N–H and O–H groups in total. The van der Waals surface area contributed by atoms with Crippen LogP contribution in [0.4, 0.5) is 17.1 Å². The van der Waals surface area contributed by atoms with E-state index in [2.05, 4.69) is 10.6 Å². The molecule has 160 valence electrons. The molecule has 0 unspecified atom stereocenters. The predicted octanol–water partition coefficient (Wildman–Crippen LogP) is 4.66. The van der Waals surface area contributed by atoms with E-state index in [4.69, 9.17) is 0 Å². The summed E-state index contributed by atoms with van der Waals surface area (Å²) in [6, 6.07) is 21.6. The van der Waals surface area contributed by atoms with Gasteiger partial charge < -0.3 is 10.6 Å². The summed E-state index contributed by atoms with van der Waals surface area (Å²) in [6.07, 6.45) is 0. The summed E-state index contributed by atoms with van der Waals surface area (Å²) < 4.78 is 0. The van der Waals surface area contributed by atoms with Gasteiger partial charge in [-0.1, -0.05) is 36.4 Å². The molecule has 4 rings (SSSR count). The van der Waals surface area contributed by atoms with Crippen molar-refractivity contribution in [1.29, 1.82) is 0 Å². The lowest BCUT2D eigenvalue weighted by molar-refractivity contribution is -0.120. The molecule has 0 atom stereocenters. The molecular weight excluding hydrogens is 402 g/mol. The Bertz CT molecular complexity index is 1220. The average molecular weight is 425 g/mol. The summed E-state index contributed by atoms with van der Waals surface area (Å²) >= 11 is 0. The second-order valence-electron chi connectivity index (χ2n) is 7.79. The van der Waals surface area contributed by atoms with E-state index < -0.39 is 11.8 Å². The molecule has 0 aliphatic carbocycles. The monoisotopic (exact) mass is 425 g/mol. The minimum absolute atomic E-state index is 0.184. The topological polar surface area (TPSA) is 78.5 Å². The second-order valence-corrected chi connectivity index (χ2v) is 7.79. The van der Waals surface area contributed by atoms with Crippen LogP contribution in [-0.4, -0.2) is 17.7 Å². The van der Waals surface area contributed by atoms with Crippen LogP contribution in [0.5, 0.6) is 0 Å². The number of hydrogen-bond acceptors (Lipinski definition) is 4. The number of para-hydroxylation sites is 1. The third-order valence-corrected chi connectivity index (χ3v) is 5.08. The standard InChI is InChI=1S/C26H23N3O3/c1-16-13-17(2)15-21(14-16)28-24-23(19-9-11-20(12-10-19)27-18(3)30)25(31)29(26(24)32)22-7-5-4-6-8-22/h4-15,28H,1-3H3,(H,27,30). The fourth-order valence-corrected chi connectivity index (χ4v) is 3.84. The molecule has 3 amide bonds. The quantitative estimate of drug-likeness (QED) is 0.583. The summed E-state index contributed by atoms with van der Waals surface area (Å²) in [4.78, 5) is 39.4. The Balaban J connectivity index is 1.80. The van der Waals surface area contributed by atoms with Crippen LogP contribution >= 0.6 is 0 Å². The molecule has 32 heavy (non-hydrogen) atoms. The van der Waals surface area contributed by atoms with Gasteiger partial charge in [-0.25, -0.2) is 4.90 Å². The van der Waals surface area contributed by atoms with Crippen molar-refractivity contribution >= 4 is 40.4 Å². The number of benzene rings is 3. The van der Waals surface area contributed by atoms with Crippen LogP contribution in [0.15, 0.2) is 78.5 Å². The maximum atomic E-state index is 13.5. The van der Waals surface area contributed by atoms with Gasteiger partial charge in [-0.3, -0.25) is 14.4 Å². The first-order valence-electron chi connectivity index (χ1n) is 10.2. The first-order chi connectivity index (χ1) is 15.3. The highest BCUT2D eigenvalue weighted by Gasteiger charge is 2.40. The van der Waals surface area contributed by atoms with Crippen LogP contribution in [0.2, 0.25) is 0 Å². The molecule has 3 aromatic rings. The minimum Gasteiger partial charge on any atom is -0.350 e. The van der Waals surface area contributed by atoms with Gasteiger partial charge in [0.25, 0.3) is 11.8 Å². The molecule has 0 aromatic heterocycles. The third-order valence-electron chi connectivity index (χ3n) is 5.08. The number of hydrogen-bond donors (Lipinski definition) is 2. The van der Waals surface area contributed by atoms with Gasteiger partial charge >= 0.3 is 0 Å². The van der Waals surface area contributed by atoms with Crippen molar-refractivity contribution in [2.24, 2.45) is 0 Å². The molecule has 0 saturated heterocycles. The Kier molecular flexibility index (Phi) is 5.60. The lowest BCUT2D eigenvalue weighted by Gasteiger charge is -2.15. The van der Waals surface area contributed by atoms with Gasteiger partial charge in [-0.15, -0.1) is 0 Å². The van der Waals surface area contributed by atoms with Gasteiger partial charge in [0.1, 0.15) is 5.70 Å². The number of rotatable bonds is 5. The summed E-state index contributed by atoms with van der Waals surface area (Å²) in [6.45, 7) is 5.39. The molecule has 6 heteroatoms. The van der Waals surface area contributed by atoms with Gasteiger partial charge in [0.15, 0.2) is 0 Å². The van der Waals surface area contributed by atoms with Crippen molar-refractivity contribution in [2.75, 3.05) is 15.5 Å². The van der Waals surface area contributed by atoms with Gasteiger partial charge in [-0.2, -0.15) is 0 Å². The maximum absolute atomic E-state index is 13.5. The number of amides is 3. The lowest BCUT2D eigenvalue weighted by Crippen LogP contribution is -2.32. The van der Waals surface area contributed by atoms with Crippen LogP contribution in [-0.2, 0) is 14.4 Å². The summed E-state index contributed by atoms with van der Waals surface area (Å²) in [7, 11) is 0. The largest absolute Gasteiger partial charge is 0.350 e. The average Bonchev–Trinajstić information content (AvgIpc) is 2.98. The number of nitrogens with zero attached hydrogens (tertiary/aromatic N) is 1. The van der Waals surface area contributed by atoms with Crippen molar-refractivity contribution in [3.05, 3.63) is 95.2 Å². The molecule has 1 aliphatic heterocycles. The van der Waals surface area contributed by atoms with Gasteiger partial charge in [0.2, 0.25) is 5.91 Å². The first kappa shape index (κ1) is 21.1. The second kappa shape index (κ2) is 8.51. The highest BCUT2D eigenvalue weighted by atomic mass is 16.2. The van der Waals surface area contributed by atoms with Crippen molar-refractivity contribution in [3.8, 4) is 0 Å². The molecule has 6 nitrogen and oxygen atoms in total. The lowest BCUT2D eigenvalue weighted by atomic mass is 10.0. The van der Waals surface area contributed by atoms with Crippen molar-refractivity contribution in [1.82, 2.24) is 0 Å². The van der Waals surface area contributed by atoms with E-state index in [1.54, 1.807) is 48.5 Å². The molecule has 0 spiro atoms. The van der Waals surface area contributed by atoms with Crippen LogP contribution in [0.1, 0.15) is 23.6 Å². The zero-order valence-electron chi connectivity index (χ0n) is 18.1. The van der Waals surface area contributed by atoms with Crippen LogP contribution in [0, 0.1) is 13.8 Å². The summed E-state index contributed by atoms with van der Waals surface area (Å²) in [5.74, 6) is -1.00. The maximum Gasteiger partial charge on any atom is 0.282 e. The molecule has 1 aliphatic rings. The molecule has 1 heterocycles. The Labute approximate surface area is 186 Å². The Morgan fingerprint density at radius 3 is 2.00 bits per heavy atom. The van der Waals surface area contributed by atoms with Crippen molar-refractivity contribution in [2.45, 2.75) is 20.8 Å². The Morgan fingerprint density at radius 1 is 0.781 bits per heavy atom. The molecule has 0 radical (unpaired) electrons. The highest BCUT2D eigenvalue weighted by Crippen LogP contribution is 2.34. The number of aryl methyl sites for hydroxylation is 2. The number of carbonyl (C=O) groups is 3. The summed E-state index contributed by atoms with van der Waals surface area (Å²) in [5, 5.41) is 5.90. The number of anilines is 3. The van der Waals surface area contributed by atoms with E-state index in [1.807, 2.05) is 38.1 Å². The molecular formula is C26H23N3O3. The zero-order chi connectivity index (χ0) is 22.8. The van der Waals surface area contributed by atoms with Crippen LogP contribution in [0.25, 0.3) is 5.57 Å². The molecule has 0 fully saturated rings. The molecule has 0 bridgehead atoms. The van der Waals surface area contributed by atoms with Gasteiger partial charge in [0, 0.05) is 18.3 Å². The van der Waals surface area contributed by atoms with Crippen molar-refractivity contribution in [3.63, 3.8) is 0 Å². The van der Waals surface area contributed by atoms with E-state index in [9.17, 15) is 14.4 Å². The smallest absolute Gasteiger partial charge is 0.282 e. The zero-order valence-corrected chi connectivity index (χ0v) is 18.1. The summed E-state index contributed by atoms with van der Waals surface area (Å²) in [5.41, 5.74) is 5.04. The van der Waals surface area contributed by atoms with Gasteiger partial charge in [-0.05, 0) is 66.9 Å². The normalized spacial score (nSPS) is 13.5. The van der Waals surface area contributed by atoms with Gasteiger partial charge in [0.05, 0.1) is 11.3 Å². The fraction of sp³-hybridized carbons (Fsp3) is 0.115. The number of nitrogens with one attached hydrogen (secondary N) is 2.